The first kappa shape index (κ1) is 9.13. The Kier molecular flexibility index (Phi) is 1.81. The minimum atomic E-state index is 0.00857. The van der Waals surface area contributed by atoms with Crippen molar-refractivity contribution in [2.45, 2.75) is 26.2 Å². The molecule has 0 fully saturated rings. The Bertz CT molecular complexity index is 461. The van der Waals surface area contributed by atoms with Gasteiger partial charge in [0.1, 0.15) is 17.1 Å². The molecule has 0 aliphatic rings. The van der Waals surface area contributed by atoms with Crippen LogP contribution in [-0.2, 0) is 5.41 Å². The number of hydrogen-bond donors (Lipinski definition) is 1. The summed E-state index contributed by atoms with van der Waals surface area (Å²) in [7, 11) is 0. The summed E-state index contributed by atoms with van der Waals surface area (Å²) >= 11 is 0. The zero-order chi connectivity index (χ0) is 10.3. The van der Waals surface area contributed by atoms with E-state index in [0.717, 1.165) is 16.7 Å². The Balaban J connectivity index is 2.63. The Morgan fingerprint density at radius 2 is 1.86 bits per heavy atom. The van der Waals surface area contributed by atoms with E-state index in [2.05, 4.69) is 20.8 Å². The van der Waals surface area contributed by atoms with Crippen molar-refractivity contribution in [2.75, 3.05) is 0 Å². The normalized spacial score (nSPS) is 12.2. The maximum atomic E-state index is 9.30. The number of phenols is 1. The van der Waals surface area contributed by atoms with Crippen LogP contribution in [-0.4, -0.2) is 5.11 Å². The molecule has 0 bridgehead atoms. The average molecular weight is 190 g/mol. The predicted octanol–water partition coefficient (Wildman–Crippen LogP) is 3.44. The summed E-state index contributed by atoms with van der Waals surface area (Å²) in [4.78, 5) is 0. The van der Waals surface area contributed by atoms with Crippen molar-refractivity contribution in [2.24, 2.45) is 0 Å². The fraction of sp³-hybridized carbons (Fsp3) is 0.333. The van der Waals surface area contributed by atoms with Crippen LogP contribution in [0.5, 0.6) is 5.75 Å². The fourth-order valence-corrected chi connectivity index (χ4v) is 1.40. The molecule has 2 rings (SSSR count). The van der Waals surface area contributed by atoms with Crippen LogP contribution in [0.2, 0.25) is 0 Å². The first-order valence-corrected chi connectivity index (χ1v) is 4.70. The average Bonchev–Trinajstić information content (AvgIpc) is 2.45. The van der Waals surface area contributed by atoms with Gasteiger partial charge in [0.15, 0.2) is 0 Å². The molecule has 0 saturated carbocycles. The fourth-order valence-electron chi connectivity index (χ4n) is 1.40. The van der Waals surface area contributed by atoms with Gasteiger partial charge in [-0.1, -0.05) is 20.8 Å². The molecule has 1 N–H and O–H groups in total. The van der Waals surface area contributed by atoms with Crippen LogP contribution in [0.3, 0.4) is 0 Å². The highest BCUT2D eigenvalue weighted by atomic mass is 16.3. The van der Waals surface area contributed by atoms with Crippen molar-refractivity contribution in [3.63, 3.8) is 0 Å². The van der Waals surface area contributed by atoms with Crippen molar-refractivity contribution in [3.8, 4) is 5.75 Å². The number of hydrogen-bond acceptors (Lipinski definition) is 2. The molecule has 0 unspecified atom stereocenters. The van der Waals surface area contributed by atoms with Gasteiger partial charge in [0.25, 0.3) is 0 Å². The molecule has 14 heavy (non-hydrogen) atoms. The molecular weight excluding hydrogens is 176 g/mol. The zero-order valence-electron chi connectivity index (χ0n) is 8.66. The molecule has 0 radical (unpaired) electrons. The highest BCUT2D eigenvalue weighted by Crippen LogP contribution is 2.30. The molecule has 1 aromatic heterocycles. The van der Waals surface area contributed by atoms with Crippen LogP contribution in [0.1, 0.15) is 26.5 Å². The number of phenolic OH excluding ortho intramolecular Hbond substituents is 1. The van der Waals surface area contributed by atoms with Gasteiger partial charge in [-0.2, -0.15) is 0 Å². The molecule has 0 spiro atoms. The number of furan rings is 1. The van der Waals surface area contributed by atoms with Crippen LogP contribution in [0.25, 0.3) is 11.0 Å². The largest absolute Gasteiger partial charge is 0.508 e. The lowest BCUT2D eigenvalue weighted by Crippen LogP contribution is -2.08. The van der Waals surface area contributed by atoms with E-state index < -0.39 is 0 Å². The molecule has 0 aliphatic heterocycles. The summed E-state index contributed by atoms with van der Waals surface area (Å²) in [6.45, 7) is 6.31. The molecule has 0 saturated heterocycles. The Labute approximate surface area is 83.2 Å². The van der Waals surface area contributed by atoms with E-state index in [1.807, 2.05) is 6.07 Å². The minimum absolute atomic E-state index is 0.00857. The lowest BCUT2D eigenvalue weighted by atomic mass is 9.93. The van der Waals surface area contributed by atoms with E-state index in [9.17, 15) is 5.11 Å². The van der Waals surface area contributed by atoms with Gasteiger partial charge in [-0.25, -0.2) is 0 Å². The third-order valence-corrected chi connectivity index (χ3v) is 2.24. The van der Waals surface area contributed by atoms with E-state index >= 15 is 0 Å². The van der Waals surface area contributed by atoms with E-state index in [1.54, 1.807) is 18.2 Å². The summed E-state index contributed by atoms with van der Waals surface area (Å²) in [6.07, 6.45) is 0. The van der Waals surface area contributed by atoms with Crippen molar-refractivity contribution in [3.05, 3.63) is 30.0 Å². The lowest BCUT2D eigenvalue weighted by Gasteiger charge is -2.13. The second kappa shape index (κ2) is 2.77. The van der Waals surface area contributed by atoms with Crippen molar-refractivity contribution in [1.29, 1.82) is 0 Å². The van der Waals surface area contributed by atoms with Crippen LogP contribution < -0.4 is 0 Å². The Morgan fingerprint density at radius 1 is 1.14 bits per heavy atom. The Morgan fingerprint density at radius 3 is 2.50 bits per heavy atom. The Hall–Kier alpha value is -1.44. The SMILES string of the molecule is CC(C)(C)c1cc2cc(O)ccc2o1. The number of aromatic hydroxyl groups is 1. The lowest BCUT2D eigenvalue weighted by molar-refractivity contribution is 0.430. The first-order valence-electron chi connectivity index (χ1n) is 4.70. The van der Waals surface area contributed by atoms with E-state index in [1.165, 1.54) is 0 Å². The summed E-state index contributed by atoms with van der Waals surface area (Å²) in [6, 6.07) is 7.13. The first-order chi connectivity index (χ1) is 6.47. The topological polar surface area (TPSA) is 33.4 Å². The molecule has 2 heteroatoms. The number of rotatable bonds is 0. The molecule has 0 atom stereocenters. The minimum Gasteiger partial charge on any atom is -0.508 e. The maximum absolute atomic E-state index is 9.30. The van der Waals surface area contributed by atoms with Gasteiger partial charge in [0.05, 0.1) is 0 Å². The van der Waals surface area contributed by atoms with Gasteiger partial charge in [-0.05, 0) is 24.3 Å². The van der Waals surface area contributed by atoms with Gasteiger partial charge < -0.3 is 9.52 Å². The van der Waals surface area contributed by atoms with Crippen LogP contribution >= 0.6 is 0 Å². The standard InChI is InChI=1S/C12H14O2/c1-12(2,3)11-7-8-6-9(13)4-5-10(8)14-11/h4-7,13H,1-3H3. The van der Waals surface area contributed by atoms with Gasteiger partial charge in [0.2, 0.25) is 0 Å². The summed E-state index contributed by atoms with van der Waals surface area (Å²) in [5.74, 6) is 1.22. The third-order valence-electron chi connectivity index (χ3n) is 2.24. The predicted molar refractivity (Wildman–Crippen MR) is 56.6 cm³/mol. The van der Waals surface area contributed by atoms with E-state index in [0.29, 0.717) is 0 Å². The molecule has 1 heterocycles. The van der Waals surface area contributed by atoms with Gasteiger partial charge >= 0.3 is 0 Å². The van der Waals surface area contributed by atoms with Crippen LogP contribution in [0, 0.1) is 0 Å². The maximum Gasteiger partial charge on any atom is 0.134 e. The second-order valence-corrected chi connectivity index (χ2v) is 4.58. The molecule has 0 amide bonds. The molecular formula is C12H14O2. The quantitative estimate of drug-likeness (QED) is 0.690. The molecule has 74 valence electrons. The molecule has 1 aromatic carbocycles. The second-order valence-electron chi connectivity index (χ2n) is 4.58. The zero-order valence-corrected chi connectivity index (χ0v) is 8.66. The third kappa shape index (κ3) is 1.48. The summed E-state index contributed by atoms with van der Waals surface area (Å²) in [5, 5.41) is 10.3. The summed E-state index contributed by atoms with van der Waals surface area (Å²) in [5.41, 5.74) is 0.835. The van der Waals surface area contributed by atoms with Crippen molar-refractivity contribution < 1.29 is 9.52 Å². The smallest absolute Gasteiger partial charge is 0.134 e. The van der Waals surface area contributed by atoms with E-state index in [-0.39, 0.29) is 11.2 Å². The van der Waals surface area contributed by atoms with Crippen LogP contribution in [0.4, 0.5) is 0 Å². The highest BCUT2D eigenvalue weighted by Gasteiger charge is 2.18. The van der Waals surface area contributed by atoms with E-state index in [4.69, 9.17) is 4.42 Å². The van der Waals surface area contributed by atoms with Crippen LogP contribution in [0.15, 0.2) is 28.7 Å². The van der Waals surface area contributed by atoms with Crippen molar-refractivity contribution in [1.82, 2.24) is 0 Å². The highest BCUT2D eigenvalue weighted by molar-refractivity contribution is 5.79. The molecule has 2 aromatic rings. The summed E-state index contributed by atoms with van der Waals surface area (Å²) < 4.78 is 5.68. The number of benzene rings is 1. The number of fused-ring (bicyclic) bond motifs is 1. The van der Waals surface area contributed by atoms with Gasteiger partial charge in [0, 0.05) is 10.8 Å². The van der Waals surface area contributed by atoms with Gasteiger partial charge in [-0.15, -0.1) is 0 Å². The monoisotopic (exact) mass is 190 g/mol. The van der Waals surface area contributed by atoms with Crippen molar-refractivity contribution >= 4 is 11.0 Å². The molecule has 2 nitrogen and oxygen atoms in total. The molecule has 0 aliphatic carbocycles. The van der Waals surface area contributed by atoms with Gasteiger partial charge in [-0.3, -0.25) is 0 Å².